The summed E-state index contributed by atoms with van der Waals surface area (Å²) in [5.74, 6) is 1.01. The van der Waals surface area contributed by atoms with Gasteiger partial charge in [-0.25, -0.2) is 0 Å². The Hall–Kier alpha value is -1.81. The molecule has 23 heavy (non-hydrogen) atoms. The third-order valence-electron chi connectivity index (χ3n) is 3.79. The average Bonchev–Trinajstić information content (AvgIpc) is 2.56. The zero-order valence-corrected chi connectivity index (χ0v) is 15.3. The van der Waals surface area contributed by atoms with Crippen molar-refractivity contribution in [3.05, 3.63) is 52.0 Å². The van der Waals surface area contributed by atoms with Gasteiger partial charge in [0, 0.05) is 16.3 Å². The maximum absolute atomic E-state index is 10.3. The van der Waals surface area contributed by atoms with E-state index in [-0.39, 0.29) is 5.75 Å². The van der Waals surface area contributed by atoms with Gasteiger partial charge in [0.1, 0.15) is 0 Å². The number of ether oxygens (including phenoxy) is 1. The van der Waals surface area contributed by atoms with E-state index in [0.29, 0.717) is 23.8 Å². The number of benzene rings is 2. The van der Waals surface area contributed by atoms with Gasteiger partial charge < -0.3 is 9.84 Å². The largest absolute Gasteiger partial charge is 0.504 e. The highest BCUT2D eigenvalue weighted by molar-refractivity contribution is 9.10. The second-order valence-electron chi connectivity index (χ2n) is 5.40. The van der Waals surface area contributed by atoms with Crippen LogP contribution in [0.2, 0.25) is 0 Å². The number of hydrogen-bond acceptors (Lipinski definition) is 3. The van der Waals surface area contributed by atoms with Crippen molar-refractivity contribution in [1.82, 2.24) is 0 Å². The van der Waals surface area contributed by atoms with Crippen LogP contribution in [0.25, 0.3) is 0 Å². The number of nitrogens with zero attached hydrogens (tertiary/aromatic N) is 1. The van der Waals surface area contributed by atoms with Crippen LogP contribution in [-0.4, -0.2) is 17.9 Å². The van der Waals surface area contributed by atoms with E-state index in [1.165, 1.54) is 5.56 Å². The van der Waals surface area contributed by atoms with Crippen molar-refractivity contribution in [2.75, 3.05) is 6.61 Å². The van der Waals surface area contributed by atoms with Crippen molar-refractivity contribution in [2.24, 2.45) is 4.99 Å². The Morgan fingerprint density at radius 1 is 1.26 bits per heavy atom. The molecule has 1 N–H and O–H groups in total. The molecule has 0 fully saturated rings. The molecule has 0 spiro atoms. The van der Waals surface area contributed by atoms with E-state index in [2.05, 4.69) is 40.8 Å². The fourth-order valence-electron chi connectivity index (χ4n) is 2.34. The topological polar surface area (TPSA) is 41.8 Å². The summed E-state index contributed by atoms with van der Waals surface area (Å²) < 4.78 is 6.29. The molecule has 1 atom stereocenters. The molecule has 0 heterocycles. The lowest BCUT2D eigenvalue weighted by atomic mass is 9.97. The predicted octanol–water partition coefficient (Wildman–Crippen LogP) is 5.82. The normalized spacial score (nSPS) is 12.5. The van der Waals surface area contributed by atoms with Crippen LogP contribution >= 0.6 is 15.9 Å². The summed E-state index contributed by atoms with van der Waals surface area (Å²) in [6, 6.07) is 11.7. The van der Waals surface area contributed by atoms with Gasteiger partial charge in [0.15, 0.2) is 11.5 Å². The van der Waals surface area contributed by atoms with Crippen molar-refractivity contribution >= 4 is 27.8 Å². The van der Waals surface area contributed by atoms with Crippen LogP contribution in [0.15, 0.2) is 45.9 Å². The molecule has 0 bridgehead atoms. The Morgan fingerprint density at radius 2 is 2.00 bits per heavy atom. The average molecular weight is 376 g/mol. The lowest BCUT2D eigenvalue weighted by Crippen LogP contribution is -1.95. The molecule has 3 nitrogen and oxygen atoms in total. The van der Waals surface area contributed by atoms with E-state index in [1.807, 2.05) is 31.2 Å². The molecule has 122 valence electrons. The van der Waals surface area contributed by atoms with Crippen LogP contribution in [0.4, 0.5) is 5.69 Å². The van der Waals surface area contributed by atoms with Crippen LogP contribution in [0, 0.1) is 0 Å². The zero-order valence-electron chi connectivity index (χ0n) is 13.7. The minimum absolute atomic E-state index is 0.111. The highest BCUT2D eigenvalue weighted by atomic mass is 79.9. The maximum atomic E-state index is 10.3. The van der Waals surface area contributed by atoms with Crippen molar-refractivity contribution in [2.45, 2.75) is 33.1 Å². The van der Waals surface area contributed by atoms with Gasteiger partial charge in [-0.3, -0.25) is 4.99 Å². The summed E-state index contributed by atoms with van der Waals surface area (Å²) in [7, 11) is 0. The first kappa shape index (κ1) is 17.5. The smallest absolute Gasteiger partial charge is 0.166 e. The number of aromatic hydroxyl groups is 1. The molecule has 0 aromatic heterocycles. The number of phenolic OH excluding ortho intramolecular Hbond substituents is 1. The predicted molar refractivity (Wildman–Crippen MR) is 99.4 cm³/mol. The first-order valence-corrected chi connectivity index (χ1v) is 8.64. The number of rotatable bonds is 6. The monoisotopic (exact) mass is 375 g/mol. The van der Waals surface area contributed by atoms with Gasteiger partial charge in [-0.15, -0.1) is 0 Å². The summed E-state index contributed by atoms with van der Waals surface area (Å²) in [5, 5.41) is 10.3. The fraction of sp³-hybridized carbons (Fsp3) is 0.316. The van der Waals surface area contributed by atoms with E-state index in [0.717, 1.165) is 16.6 Å². The summed E-state index contributed by atoms with van der Waals surface area (Å²) in [6.07, 6.45) is 2.74. The second kappa shape index (κ2) is 8.16. The molecule has 2 aromatic carbocycles. The molecule has 2 aromatic rings. The van der Waals surface area contributed by atoms with E-state index < -0.39 is 0 Å². The molecular formula is C19H22BrNO2. The number of phenols is 1. The summed E-state index contributed by atoms with van der Waals surface area (Å²) >= 11 is 3.44. The third kappa shape index (κ3) is 4.35. The van der Waals surface area contributed by atoms with Crippen LogP contribution < -0.4 is 4.74 Å². The van der Waals surface area contributed by atoms with Crippen molar-refractivity contribution < 1.29 is 9.84 Å². The number of hydrogen-bond donors (Lipinski definition) is 1. The summed E-state index contributed by atoms with van der Waals surface area (Å²) in [4.78, 5) is 4.59. The molecule has 0 amide bonds. The van der Waals surface area contributed by atoms with Crippen LogP contribution in [0.5, 0.6) is 11.5 Å². The standard InChI is InChI=1S/C19H22BrNO2/c1-4-13(3)16-8-6-7-9-17(16)21-12-14-10-15(20)11-18(19(14)22)23-5-2/h6-13,22H,4-5H2,1-3H3/t13-/m1/s1. The molecule has 0 aliphatic carbocycles. The summed E-state index contributed by atoms with van der Waals surface area (Å²) in [5.41, 5.74) is 2.77. The van der Waals surface area contributed by atoms with Crippen molar-refractivity contribution in [3.63, 3.8) is 0 Å². The van der Waals surface area contributed by atoms with Gasteiger partial charge in [-0.1, -0.05) is 48.0 Å². The van der Waals surface area contributed by atoms with Gasteiger partial charge in [0.25, 0.3) is 0 Å². The number of halogens is 1. The minimum atomic E-state index is 0.111. The SMILES string of the molecule is CCOc1cc(Br)cc(C=Nc2ccccc2[C@H](C)CC)c1O. The lowest BCUT2D eigenvalue weighted by molar-refractivity contribution is 0.317. The van der Waals surface area contributed by atoms with Crippen LogP contribution in [0.3, 0.4) is 0 Å². The van der Waals surface area contributed by atoms with Crippen LogP contribution in [0.1, 0.15) is 44.2 Å². The van der Waals surface area contributed by atoms with E-state index in [9.17, 15) is 5.11 Å². The summed E-state index contributed by atoms with van der Waals surface area (Å²) in [6.45, 7) is 6.74. The Labute approximate surface area is 146 Å². The Morgan fingerprint density at radius 3 is 2.70 bits per heavy atom. The van der Waals surface area contributed by atoms with E-state index in [1.54, 1.807) is 12.3 Å². The van der Waals surface area contributed by atoms with E-state index in [4.69, 9.17) is 4.74 Å². The first-order valence-electron chi connectivity index (χ1n) is 7.85. The zero-order chi connectivity index (χ0) is 16.8. The molecule has 0 aliphatic heterocycles. The second-order valence-corrected chi connectivity index (χ2v) is 6.32. The highest BCUT2D eigenvalue weighted by Gasteiger charge is 2.10. The van der Waals surface area contributed by atoms with Gasteiger partial charge in [0.2, 0.25) is 0 Å². The van der Waals surface area contributed by atoms with Gasteiger partial charge in [-0.05, 0) is 43.0 Å². The third-order valence-corrected chi connectivity index (χ3v) is 4.25. The van der Waals surface area contributed by atoms with Crippen molar-refractivity contribution in [1.29, 1.82) is 0 Å². The molecule has 4 heteroatoms. The lowest BCUT2D eigenvalue weighted by Gasteiger charge is -2.12. The fourth-order valence-corrected chi connectivity index (χ4v) is 2.79. The van der Waals surface area contributed by atoms with Gasteiger partial charge in [0.05, 0.1) is 12.3 Å². The molecule has 2 rings (SSSR count). The van der Waals surface area contributed by atoms with Crippen molar-refractivity contribution in [3.8, 4) is 11.5 Å². The Balaban J connectivity index is 2.38. The quantitative estimate of drug-likeness (QED) is 0.646. The van der Waals surface area contributed by atoms with Gasteiger partial charge >= 0.3 is 0 Å². The molecule has 0 saturated carbocycles. The number of aliphatic imine (C=N–C) groups is 1. The maximum Gasteiger partial charge on any atom is 0.166 e. The molecular weight excluding hydrogens is 354 g/mol. The molecule has 0 aliphatic rings. The molecule has 0 saturated heterocycles. The first-order chi connectivity index (χ1) is 11.1. The molecule has 0 radical (unpaired) electrons. The number of para-hydroxylation sites is 1. The Kier molecular flexibility index (Phi) is 6.22. The Bertz CT molecular complexity index is 698. The molecule has 0 unspecified atom stereocenters. The highest BCUT2D eigenvalue weighted by Crippen LogP contribution is 2.34. The minimum Gasteiger partial charge on any atom is -0.504 e. The van der Waals surface area contributed by atoms with E-state index >= 15 is 0 Å². The van der Waals surface area contributed by atoms with Crippen LogP contribution in [-0.2, 0) is 0 Å². The van der Waals surface area contributed by atoms with Gasteiger partial charge in [-0.2, -0.15) is 0 Å².